The summed E-state index contributed by atoms with van der Waals surface area (Å²) in [5.74, 6) is 0.930. The maximum absolute atomic E-state index is 12.4. The third-order valence-electron chi connectivity index (χ3n) is 4.37. The molecule has 0 N–H and O–H groups in total. The van der Waals surface area contributed by atoms with E-state index in [9.17, 15) is 9.59 Å². The van der Waals surface area contributed by atoms with Gasteiger partial charge in [-0.2, -0.15) is 0 Å². The molecule has 5 nitrogen and oxygen atoms in total. The average Bonchev–Trinajstić information content (AvgIpc) is 2.58. The van der Waals surface area contributed by atoms with E-state index in [2.05, 4.69) is 27.7 Å². The number of hydrogen-bond acceptors (Lipinski definition) is 3. The highest BCUT2D eigenvalue weighted by atomic mass is 16.5. The molecule has 1 saturated heterocycles. The zero-order valence-corrected chi connectivity index (χ0v) is 15.9. The van der Waals surface area contributed by atoms with Gasteiger partial charge in [-0.15, -0.1) is 0 Å². The van der Waals surface area contributed by atoms with Gasteiger partial charge in [0.2, 0.25) is 5.91 Å². The number of piperazine rings is 1. The molecule has 1 aromatic carbocycles. The minimum Gasteiger partial charge on any atom is -0.483 e. The molecule has 2 rings (SSSR count). The summed E-state index contributed by atoms with van der Waals surface area (Å²) >= 11 is 0. The summed E-state index contributed by atoms with van der Waals surface area (Å²) in [6.45, 7) is 10.7. The number of carbonyl (C=O) groups excluding carboxylic acids is 2. The molecule has 2 amide bonds. The molecular weight excluding hydrogens is 316 g/mol. The second kappa shape index (κ2) is 8.37. The zero-order chi connectivity index (χ0) is 18.4. The molecule has 25 heavy (non-hydrogen) atoms. The van der Waals surface area contributed by atoms with Crippen molar-refractivity contribution >= 4 is 11.8 Å². The zero-order valence-electron chi connectivity index (χ0n) is 15.9. The molecule has 1 aromatic rings. The minimum absolute atomic E-state index is 0.00938. The van der Waals surface area contributed by atoms with E-state index in [1.165, 1.54) is 0 Å². The van der Waals surface area contributed by atoms with Gasteiger partial charge in [0.25, 0.3) is 5.91 Å². The molecule has 0 radical (unpaired) electrons. The Morgan fingerprint density at radius 3 is 2.12 bits per heavy atom. The van der Waals surface area contributed by atoms with Gasteiger partial charge in [0.15, 0.2) is 6.61 Å². The van der Waals surface area contributed by atoms with Crippen LogP contribution in [-0.2, 0) is 16.0 Å². The molecule has 0 atom stereocenters. The number of para-hydroxylation sites is 1. The van der Waals surface area contributed by atoms with E-state index in [1.54, 1.807) is 4.90 Å². The predicted molar refractivity (Wildman–Crippen MR) is 98.5 cm³/mol. The van der Waals surface area contributed by atoms with Crippen molar-refractivity contribution in [3.8, 4) is 5.75 Å². The van der Waals surface area contributed by atoms with Crippen LogP contribution in [0.15, 0.2) is 24.3 Å². The maximum atomic E-state index is 12.4. The highest BCUT2D eigenvalue weighted by Crippen LogP contribution is 2.21. The van der Waals surface area contributed by atoms with Crippen molar-refractivity contribution in [2.75, 3.05) is 32.8 Å². The van der Waals surface area contributed by atoms with Crippen LogP contribution in [0.5, 0.6) is 5.75 Å². The van der Waals surface area contributed by atoms with Crippen molar-refractivity contribution in [2.24, 2.45) is 5.41 Å². The van der Waals surface area contributed by atoms with Crippen LogP contribution in [0, 0.1) is 5.41 Å². The summed E-state index contributed by atoms with van der Waals surface area (Å²) in [6.07, 6.45) is 1.41. The molecule has 0 spiro atoms. The van der Waals surface area contributed by atoms with Gasteiger partial charge in [0, 0.05) is 32.6 Å². The third kappa shape index (κ3) is 5.76. The van der Waals surface area contributed by atoms with Crippen LogP contribution in [0.25, 0.3) is 0 Å². The highest BCUT2D eigenvalue weighted by Gasteiger charge is 2.26. The van der Waals surface area contributed by atoms with E-state index in [4.69, 9.17) is 4.74 Å². The number of hydrogen-bond donors (Lipinski definition) is 0. The monoisotopic (exact) mass is 346 g/mol. The van der Waals surface area contributed by atoms with E-state index >= 15 is 0 Å². The fourth-order valence-corrected chi connectivity index (χ4v) is 2.94. The van der Waals surface area contributed by atoms with Crippen LogP contribution in [-0.4, -0.2) is 54.4 Å². The van der Waals surface area contributed by atoms with Crippen molar-refractivity contribution in [3.63, 3.8) is 0 Å². The van der Waals surface area contributed by atoms with E-state index in [-0.39, 0.29) is 23.8 Å². The molecule has 1 aliphatic heterocycles. The summed E-state index contributed by atoms with van der Waals surface area (Å²) < 4.78 is 5.71. The van der Waals surface area contributed by atoms with Crippen LogP contribution in [0.3, 0.4) is 0 Å². The van der Waals surface area contributed by atoms with Gasteiger partial charge in [-0.1, -0.05) is 45.9 Å². The maximum Gasteiger partial charge on any atom is 0.260 e. The Morgan fingerprint density at radius 1 is 1.00 bits per heavy atom. The number of carbonyl (C=O) groups is 2. The van der Waals surface area contributed by atoms with Gasteiger partial charge in [-0.25, -0.2) is 0 Å². The van der Waals surface area contributed by atoms with Crippen LogP contribution in [0.4, 0.5) is 0 Å². The summed E-state index contributed by atoms with van der Waals surface area (Å²) in [6, 6.07) is 7.80. The topological polar surface area (TPSA) is 49.9 Å². The lowest BCUT2D eigenvalue weighted by Crippen LogP contribution is -2.52. The Kier molecular flexibility index (Phi) is 6.45. The van der Waals surface area contributed by atoms with Gasteiger partial charge >= 0.3 is 0 Å². The first-order chi connectivity index (χ1) is 11.8. The van der Waals surface area contributed by atoms with Crippen molar-refractivity contribution < 1.29 is 14.3 Å². The normalized spacial score (nSPS) is 15.2. The van der Waals surface area contributed by atoms with Crippen molar-refractivity contribution in [3.05, 3.63) is 29.8 Å². The van der Waals surface area contributed by atoms with Gasteiger partial charge in [-0.3, -0.25) is 9.59 Å². The van der Waals surface area contributed by atoms with E-state index in [1.807, 2.05) is 29.2 Å². The second-order valence-electron chi connectivity index (χ2n) is 7.75. The lowest BCUT2D eigenvalue weighted by molar-refractivity contribution is -0.141. The van der Waals surface area contributed by atoms with Gasteiger partial charge in [0.1, 0.15) is 5.75 Å². The van der Waals surface area contributed by atoms with E-state index in [0.717, 1.165) is 17.7 Å². The van der Waals surface area contributed by atoms with Crippen LogP contribution in [0.1, 0.15) is 39.7 Å². The molecule has 1 fully saturated rings. The lowest BCUT2D eigenvalue weighted by Gasteiger charge is -2.36. The molecule has 0 unspecified atom stereocenters. The third-order valence-corrected chi connectivity index (χ3v) is 4.37. The SMILES string of the molecule is CCc1ccccc1OCC(=O)N1CCN(C(=O)CC(C)(C)C)CC1. The molecule has 1 heterocycles. The molecule has 0 aliphatic carbocycles. The van der Waals surface area contributed by atoms with Gasteiger partial charge < -0.3 is 14.5 Å². The average molecular weight is 346 g/mol. The Morgan fingerprint density at radius 2 is 1.56 bits per heavy atom. The molecular formula is C20H30N2O3. The first-order valence-electron chi connectivity index (χ1n) is 9.06. The van der Waals surface area contributed by atoms with Gasteiger partial charge in [0.05, 0.1) is 0 Å². The smallest absolute Gasteiger partial charge is 0.260 e. The van der Waals surface area contributed by atoms with Crippen molar-refractivity contribution in [1.29, 1.82) is 0 Å². The van der Waals surface area contributed by atoms with Crippen molar-refractivity contribution in [2.45, 2.75) is 40.5 Å². The van der Waals surface area contributed by atoms with Crippen molar-refractivity contribution in [1.82, 2.24) is 9.80 Å². The van der Waals surface area contributed by atoms with Crippen LogP contribution >= 0.6 is 0 Å². The standard InChI is InChI=1S/C20H30N2O3/c1-5-16-8-6-7-9-17(16)25-15-19(24)22-12-10-21(11-13-22)18(23)14-20(2,3)4/h6-9H,5,10-15H2,1-4H3. The van der Waals surface area contributed by atoms with E-state index < -0.39 is 0 Å². The number of benzene rings is 1. The fourth-order valence-electron chi connectivity index (χ4n) is 2.94. The Labute approximate surface area is 150 Å². The number of ether oxygens (including phenoxy) is 1. The molecule has 0 aromatic heterocycles. The summed E-state index contributed by atoms with van der Waals surface area (Å²) in [5.41, 5.74) is 1.10. The first kappa shape index (κ1) is 19.3. The number of rotatable bonds is 5. The number of aryl methyl sites for hydroxylation is 1. The summed E-state index contributed by atoms with van der Waals surface area (Å²) in [4.78, 5) is 28.3. The second-order valence-corrected chi connectivity index (χ2v) is 7.75. The quantitative estimate of drug-likeness (QED) is 0.824. The largest absolute Gasteiger partial charge is 0.483 e. The predicted octanol–water partition coefficient (Wildman–Crippen LogP) is 2.73. The molecule has 138 valence electrons. The Bertz CT molecular complexity index is 599. The lowest BCUT2D eigenvalue weighted by atomic mass is 9.91. The molecule has 0 saturated carbocycles. The first-order valence-corrected chi connectivity index (χ1v) is 9.06. The summed E-state index contributed by atoms with van der Waals surface area (Å²) in [7, 11) is 0. The number of amides is 2. The molecule has 1 aliphatic rings. The van der Waals surface area contributed by atoms with E-state index in [0.29, 0.717) is 32.6 Å². The number of nitrogens with zero attached hydrogens (tertiary/aromatic N) is 2. The van der Waals surface area contributed by atoms with Crippen LogP contribution < -0.4 is 4.74 Å². The molecule has 5 heteroatoms. The Hall–Kier alpha value is -2.04. The summed E-state index contributed by atoms with van der Waals surface area (Å²) in [5, 5.41) is 0. The minimum atomic E-state index is -0.0196. The van der Waals surface area contributed by atoms with Crippen LogP contribution in [0.2, 0.25) is 0 Å². The van der Waals surface area contributed by atoms with Gasteiger partial charge in [-0.05, 0) is 23.5 Å². The molecule has 0 bridgehead atoms. The Balaban J connectivity index is 1.80. The fraction of sp³-hybridized carbons (Fsp3) is 0.600. The highest BCUT2D eigenvalue weighted by molar-refractivity contribution is 5.79.